The third kappa shape index (κ3) is 4.47. The van der Waals surface area contributed by atoms with Crippen molar-refractivity contribution in [3.05, 3.63) is 30.3 Å². The maximum atomic E-state index is 11.7. The zero-order valence-electron chi connectivity index (χ0n) is 8.60. The standard InChI is InChI=1S/C11H16O2S.CH4/c1-10(2)8-9-14(12,13)11-6-4-3-5-7-11;/h3-7,10H,8-9H2,1-2H3;1H4. The van der Waals surface area contributed by atoms with Gasteiger partial charge in [-0.25, -0.2) is 8.42 Å². The van der Waals surface area contributed by atoms with Gasteiger partial charge >= 0.3 is 0 Å². The van der Waals surface area contributed by atoms with E-state index >= 15 is 0 Å². The monoisotopic (exact) mass is 228 g/mol. The van der Waals surface area contributed by atoms with Gasteiger partial charge in [-0.15, -0.1) is 0 Å². The number of hydrogen-bond donors (Lipinski definition) is 0. The molecule has 15 heavy (non-hydrogen) atoms. The van der Waals surface area contributed by atoms with E-state index in [4.69, 9.17) is 0 Å². The lowest BCUT2D eigenvalue weighted by molar-refractivity contribution is 0.573. The second kappa shape index (κ2) is 5.91. The molecule has 1 aromatic rings. The molecule has 0 aliphatic carbocycles. The lowest BCUT2D eigenvalue weighted by Crippen LogP contribution is -2.08. The van der Waals surface area contributed by atoms with Crippen LogP contribution in [0.25, 0.3) is 0 Å². The van der Waals surface area contributed by atoms with Crippen LogP contribution in [0.15, 0.2) is 35.2 Å². The first-order valence-corrected chi connectivity index (χ1v) is 6.45. The highest BCUT2D eigenvalue weighted by Crippen LogP contribution is 2.13. The fraction of sp³-hybridized carbons (Fsp3) is 0.500. The molecule has 0 saturated heterocycles. The number of hydrogen-bond acceptors (Lipinski definition) is 2. The smallest absolute Gasteiger partial charge is 0.178 e. The molecule has 0 amide bonds. The molecule has 0 aliphatic heterocycles. The lowest BCUT2D eigenvalue weighted by Gasteiger charge is -2.05. The van der Waals surface area contributed by atoms with Crippen LogP contribution in [0.2, 0.25) is 0 Å². The van der Waals surface area contributed by atoms with Crippen molar-refractivity contribution < 1.29 is 8.42 Å². The summed E-state index contributed by atoms with van der Waals surface area (Å²) in [7, 11) is -3.06. The number of rotatable bonds is 4. The van der Waals surface area contributed by atoms with E-state index < -0.39 is 9.84 Å². The Hall–Kier alpha value is -0.830. The highest BCUT2D eigenvalue weighted by molar-refractivity contribution is 7.91. The summed E-state index contributed by atoms with van der Waals surface area (Å²) in [5.41, 5.74) is 0. The average Bonchev–Trinajstić information content (AvgIpc) is 2.16. The lowest BCUT2D eigenvalue weighted by atomic mass is 10.2. The van der Waals surface area contributed by atoms with Crippen molar-refractivity contribution in [2.45, 2.75) is 32.6 Å². The largest absolute Gasteiger partial charge is 0.224 e. The first kappa shape index (κ1) is 14.2. The van der Waals surface area contributed by atoms with Gasteiger partial charge < -0.3 is 0 Å². The Balaban J connectivity index is 0.00000196. The van der Waals surface area contributed by atoms with Gasteiger partial charge in [-0.05, 0) is 24.5 Å². The molecule has 0 fully saturated rings. The molecule has 1 aromatic carbocycles. The van der Waals surface area contributed by atoms with E-state index in [-0.39, 0.29) is 13.2 Å². The summed E-state index contributed by atoms with van der Waals surface area (Å²) in [6, 6.07) is 8.62. The predicted molar refractivity (Wildman–Crippen MR) is 64.7 cm³/mol. The van der Waals surface area contributed by atoms with Crippen LogP contribution in [-0.4, -0.2) is 14.2 Å². The van der Waals surface area contributed by atoms with Crippen LogP contribution in [0.1, 0.15) is 27.7 Å². The van der Waals surface area contributed by atoms with Gasteiger partial charge in [-0.1, -0.05) is 39.5 Å². The predicted octanol–water partition coefficient (Wildman–Crippen LogP) is 3.14. The van der Waals surface area contributed by atoms with Gasteiger partial charge in [0.05, 0.1) is 10.6 Å². The molecule has 1 rings (SSSR count). The minimum absolute atomic E-state index is 0. The van der Waals surface area contributed by atoms with Crippen molar-refractivity contribution in [1.29, 1.82) is 0 Å². The second-order valence-corrected chi connectivity index (χ2v) is 5.92. The Morgan fingerprint density at radius 3 is 2.13 bits per heavy atom. The molecule has 0 radical (unpaired) electrons. The van der Waals surface area contributed by atoms with E-state index in [0.29, 0.717) is 10.8 Å². The van der Waals surface area contributed by atoms with Crippen molar-refractivity contribution in [3.8, 4) is 0 Å². The van der Waals surface area contributed by atoms with Crippen LogP contribution >= 0.6 is 0 Å². The van der Waals surface area contributed by atoms with Crippen LogP contribution in [0, 0.1) is 5.92 Å². The molecule has 0 bridgehead atoms. The third-order valence-electron chi connectivity index (χ3n) is 2.07. The van der Waals surface area contributed by atoms with E-state index in [1.54, 1.807) is 24.3 Å². The van der Waals surface area contributed by atoms with Crippen molar-refractivity contribution in [1.82, 2.24) is 0 Å². The van der Waals surface area contributed by atoms with Crippen molar-refractivity contribution in [2.24, 2.45) is 5.92 Å². The van der Waals surface area contributed by atoms with Crippen molar-refractivity contribution in [2.75, 3.05) is 5.75 Å². The summed E-state index contributed by atoms with van der Waals surface area (Å²) >= 11 is 0. The second-order valence-electron chi connectivity index (χ2n) is 3.81. The Morgan fingerprint density at radius 1 is 1.13 bits per heavy atom. The van der Waals surface area contributed by atoms with Gasteiger partial charge in [0.25, 0.3) is 0 Å². The Morgan fingerprint density at radius 2 is 1.67 bits per heavy atom. The molecule has 0 aliphatic rings. The SMILES string of the molecule is C.CC(C)CCS(=O)(=O)c1ccccc1. The molecule has 2 nitrogen and oxygen atoms in total. The quantitative estimate of drug-likeness (QED) is 0.793. The van der Waals surface area contributed by atoms with Crippen LogP contribution < -0.4 is 0 Å². The number of benzene rings is 1. The maximum absolute atomic E-state index is 11.7. The van der Waals surface area contributed by atoms with E-state index in [1.165, 1.54) is 0 Å². The topological polar surface area (TPSA) is 34.1 Å². The fourth-order valence-electron chi connectivity index (χ4n) is 1.14. The van der Waals surface area contributed by atoms with E-state index in [2.05, 4.69) is 0 Å². The third-order valence-corrected chi connectivity index (χ3v) is 3.83. The van der Waals surface area contributed by atoms with Crippen LogP contribution in [0.4, 0.5) is 0 Å². The van der Waals surface area contributed by atoms with Gasteiger partial charge in [-0.3, -0.25) is 0 Å². The van der Waals surface area contributed by atoms with E-state index in [0.717, 1.165) is 6.42 Å². The van der Waals surface area contributed by atoms with Crippen molar-refractivity contribution >= 4 is 9.84 Å². The molecular formula is C12H20O2S. The molecule has 0 aromatic heterocycles. The molecule has 3 heteroatoms. The normalized spacial score (nSPS) is 11.1. The summed E-state index contributed by atoms with van der Waals surface area (Å²) < 4.78 is 23.5. The van der Waals surface area contributed by atoms with Gasteiger partial charge in [0.15, 0.2) is 9.84 Å². The number of sulfone groups is 1. The average molecular weight is 228 g/mol. The van der Waals surface area contributed by atoms with E-state index in [9.17, 15) is 8.42 Å². The summed E-state index contributed by atoms with van der Waals surface area (Å²) in [6.45, 7) is 4.06. The highest BCUT2D eigenvalue weighted by Gasteiger charge is 2.13. The van der Waals surface area contributed by atoms with Crippen molar-refractivity contribution in [3.63, 3.8) is 0 Å². The Bertz CT molecular complexity index is 366. The highest BCUT2D eigenvalue weighted by atomic mass is 32.2. The Labute approximate surface area is 93.3 Å². The molecule has 0 heterocycles. The maximum Gasteiger partial charge on any atom is 0.178 e. The fourth-order valence-corrected chi connectivity index (χ4v) is 2.73. The molecule has 0 unspecified atom stereocenters. The van der Waals surface area contributed by atoms with Crippen LogP contribution in [0.3, 0.4) is 0 Å². The van der Waals surface area contributed by atoms with Gasteiger partial charge in [0.1, 0.15) is 0 Å². The zero-order valence-corrected chi connectivity index (χ0v) is 9.42. The van der Waals surface area contributed by atoms with Crippen LogP contribution in [-0.2, 0) is 9.84 Å². The van der Waals surface area contributed by atoms with E-state index in [1.807, 2.05) is 19.9 Å². The van der Waals surface area contributed by atoms with Gasteiger partial charge in [0, 0.05) is 0 Å². The molecule has 0 atom stereocenters. The summed E-state index contributed by atoms with van der Waals surface area (Å²) in [5.74, 6) is 0.669. The molecular weight excluding hydrogens is 208 g/mol. The molecule has 86 valence electrons. The minimum Gasteiger partial charge on any atom is -0.224 e. The van der Waals surface area contributed by atoms with Crippen LogP contribution in [0.5, 0.6) is 0 Å². The van der Waals surface area contributed by atoms with Gasteiger partial charge in [0.2, 0.25) is 0 Å². The van der Waals surface area contributed by atoms with Gasteiger partial charge in [-0.2, -0.15) is 0 Å². The minimum atomic E-state index is -3.06. The summed E-state index contributed by atoms with van der Waals surface area (Å²) in [6.07, 6.45) is 0.719. The first-order chi connectivity index (χ1) is 6.52. The molecule has 0 N–H and O–H groups in total. The molecule has 0 saturated carbocycles. The summed E-state index contributed by atoms with van der Waals surface area (Å²) in [5, 5.41) is 0. The Kier molecular flexibility index (Phi) is 5.58. The first-order valence-electron chi connectivity index (χ1n) is 4.80. The molecule has 0 spiro atoms. The summed E-state index contributed by atoms with van der Waals surface area (Å²) in [4.78, 5) is 0.431. The zero-order chi connectivity index (χ0) is 10.6.